The first-order chi connectivity index (χ1) is 13.5. The summed E-state index contributed by atoms with van der Waals surface area (Å²) in [5.74, 6) is 0.0215. The highest BCUT2D eigenvalue weighted by Crippen LogP contribution is 2.37. The van der Waals surface area contributed by atoms with Gasteiger partial charge in [-0.15, -0.1) is 10.2 Å². The second-order valence-electron chi connectivity index (χ2n) is 6.15. The lowest BCUT2D eigenvalue weighted by atomic mass is 10.2. The first-order valence-corrected chi connectivity index (χ1v) is 9.87. The number of aliphatic hydroxyl groups is 1. The Morgan fingerprint density at radius 3 is 2.68 bits per heavy atom. The van der Waals surface area contributed by atoms with E-state index in [4.69, 9.17) is 26.2 Å². The molecular formula is C19H19ClFN3O3S. The first kappa shape index (κ1) is 20.4. The van der Waals surface area contributed by atoms with Crippen LogP contribution < -0.4 is 9.47 Å². The average molecular weight is 424 g/mol. The van der Waals surface area contributed by atoms with Crippen LogP contribution >= 0.6 is 22.9 Å². The minimum Gasteiger partial charge on any atom is -0.490 e. The van der Waals surface area contributed by atoms with Crippen LogP contribution in [0.3, 0.4) is 0 Å². The van der Waals surface area contributed by atoms with Gasteiger partial charge in [0.1, 0.15) is 10.0 Å². The highest BCUT2D eigenvalue weighted by Gasteiger charge is 2.16. The molecule has 3 aromatic rings. The summed E-state index contributed by atoms with van der Waals surface area (Å²) in [6.45, 7) is 4.03. The Morgan fingerprint density at radius 2 is 2.00 bits per heavy atom. The highest BCUT2D eigenvalue weighted by molar-refractivity contribution is 7.18. The van der Waals surface area contributed by atoms with E-state index in [9.17, 15) is 4.39 Å². The van der Waals surface area contributed by atoms with E-state index in [1.54, 1.807) is 12.3 Å². The molecule has 0 amide bonds. The van der Waals surface area contributed by atoms with Crippen molar-refractivity contribution in [3.05, 3.63) is 41.3 Å². The van der Waals surface area contributed by atoms with Crippen LogP contribution in [-0.2, 0) is 0 Å². The predicted molar refractivity (Wildman–Crippen MR) is 107 cm³/mol. The molecule has 0 atom stereocenters. The minimum absolute atomic E-state index is 0.0274. The Labute approximate surface area is 170 Å². The van der Waals surface area contributed by atoms with Crippen molar-refractivity contribution in [3.63, 3.8) is 0 Å². The Hall–Kier alpha value is -2.29. The summed E-state index contributed by atoms with van der Waals surface area (Å²) < 4.78 is 25.1. The third kappa shape index (κ3) is 4.95. The van der Waals surface area contributed by atoms with Crippen molar-refractivity contribution in [3.8, 4) is 32.8 Å². The molecule has 28 heavy (non-hydrogen) atoms. The van der Waals surface area contributed by atoms with E-state index < -0.39 is 5.82 Å². The number of benzene rings is 1. The molecule has 0 aliphatic heterocycles. The van der Waals surface area contributed by atoms with Crippen LogP contribution in [0, 0.1) is 5.82 Å². The molecule has 0 fully saturated rings. The standard InChI is InChI=1S/C19H19ClFN3O3S/c1-11(2)27-17-5-4-12(10-22-17)18-23-24-19(28-18)13-8-15(21)16(9-14(13)20)26-7-3-6-25/h4-5,8-11,25H,3,6-7H2,1-2H3. The van der Waals surface area contributed by atoms with Crippen LogP contribution in [0.1, 0.15) is 20.3 Å². The van der Waals surface area contributed by atoms with E-state index in [1.807, 2.05) is 19.9 Å². The number of rotatable bonds is 8. The molecular weight excluding hydrogens is 405 g/mol. The van der Waals surface area contributed by atoms with Crippen LogP contribution in [-0.4, -0.2) is 39.6 Å². The van der Waals surface area contributed by atoms with Crippen LogP contribution in [0.15, 0.2) is 30.5 Å². The molecule has 0 bridgehead atoms. The quantitative estimate of drug-likeness (QED) is 0.533. The van der Waals surface area contributed by atoms with Gasteiger partial charge in [0.15, 0.2) is 11.6 Å². The van der Waals surface area contributed by atoms with Gasteiger partial charge in [-0.2, -0.15) is 0 Å². The second-order valence-corrected chi connectivity index (χ2v) is 7.54. The molecule has 148 valence electrons. The molecule has 2 heterocycles. The smallest absolute Gasteiger partial charge is 0.213 e. The Bertz CT molecular complexity index is 935. The van der Waals surface area contributed by atoms with Gasteiger partial charge in [0.2, 0.25) is 5.88 Å². The third-order valence-corrected chi connectivity index (χ3v) is 4.90. The molecule has 2 aromatic heterocycles. The molecule has 0 aliphatic carbocycles. The molecule has 1 aromatic carbocycles. The number of ether oxygens (including phenoxy) is 2. The maximum atomic E-state index is 14.3. The zero-order valence-corrected chi connectivity index (χ0v) is 16.9. The zero-order chi connectivity index (χ0) is 20.1. The largest absolute Gasteiger partial charge is 0.490 e. The van der Waals surface area contributed by atoms with Gasteiger partial charge in [0.05, 0.1) is 17.7 Å². The van der Waals surface area contributed by atoms with Crippen molar-refractivity contribution in [2.75, 3.05) is 13.2 Å². The van der Waals surface area contributed by atoms with Crippen molar-refractivity contribution in [1.82, 2.24) is 15.2 Å². The minimum atomic E-state index is -0.550. The lowest BCUT2D eigenvalue weighted by Gasteiger charge is -2.09. The van der Waals surface area contributed by atoms with Gasteiger partial charge < -0.3 is 14.6 Å². The van der Waals surface area contributed by atoms with Crippen molar-refractivity contribution >= 4 is 22.9 Å². The number of aromatic nitrogens is 3. The van der Waals surface area contributed by atoms with E-state index in [0.717, 1.165) is 5.56 Å². The Morgan fingerprint density at radius 1 is 1.21 bits per heavy atom. The second kappa shape index (κ2) is 9.27. The maximum absolute atomic E-state index is 14.3. The van der Waals surface area contributed by atoms with Gasteiger partial charge in [-0.05, 0) is 26.0 Å². The predicted octanol–water partition coefficient (Wildman–Crippen LogP) is 4.61. The molecule has 0 saturated heterocycles. The van der Waals surface area contributed by atoms with Crippen LogP contribution in [0.2, 0.25) is 5.02 Å². The van der Waals surface area contributed by atoms with Gasteiger partial charge >= 0.3 is 0 Å². The fraction of sp³-hybridized carbons (Fsp3) is 0.316. The van der Waals surface area contributed by atoms with Gasteiger partial charge in [-0.1, -0.05) is 22.9 Å². The van der Waals surface area contributed by atoms with E-state index in [-0.39, 0.29) is 25.1 Å². The first-order valence-electron chi connectivity index (χ1n) is 8.67. The lowest BCUT2D eigenvalue weighted by molar-refractivity contribution is 0.228. The summed E-state index contributed by atoms with van der Waals surface area (Å²) in [6, 6.07) is 6.29. The number of aliphatic hydroxyl groups excluding tert-OH is 1. The van der Waals surface area contributed by atoms with Crippen LogP contribution in [0.25, 0.3) is 21.1 Å². The van der Waals surface area contributed by atoms with Crippen molar-refractivity contribution in [1.29, 1.82) is 0 Å². The topological polar surface area (TPSA) is 77.4 Å². The van der Waals surface area contributed by atoms with Gasteiger partial charge in [0.25, 0.3) is 0 Å². The molecule has 1 N–H and O–H groups in total. The van der Waals surface area contributed by atoms with Gasteiger partial charge in [-0.25, -0.2) is 9.37 Å². The maximum Gasteiger partial charge on any atom is 0.213 e. The summed E-state index contributed by atoms with van der Waals surface area (Å²) in [4.78, 5) is 4.25. The summed E-state index contributed by atoms with van der Waals surface area (Å²) in [5.41, 5.74) is 1.21. The lowest BCUT2D eigenvalue weighted by Crippen LogP contribution is -2.06. The van der Waals surface area contributed by atoms with Gasteiger partial charge in [0, 0.05) is 42.5 Å². The molecule has 0 radical (unpaired) electrons. The summed E-state index contributed by atoms with van der Waals surface area (Å²) >= 11 is 7.57. The molecule has 6 nitrogen and oxygen atoms in total. The van der Waals surface area contributed by atoms with Crippen molar-refractivity contribution in [2.45, 2.75) is 26.4 Å². The summed E-state index contributed by atoms with van der Waals surface area (Å²) in [5, 5.41) is 18.5. The molecule has 9 heteroatoms. The fourth-order valence-corrected chi connectivity index (χ4v) is 3.48. The van der Waals surface area contributed by atoms with E-state index >= 15 is 0 Å². The van der Waals surface area contributed by atoms with E-state index in [2.05, 4.69) is 15.2 Å². The zero-order valence-electron chi connectivity index (χ0n) is 15.4. The third-order valence-electron chi connectivity index (χ3n) is 3.58. The highest BCUT2D eigenvalue weighted by atomic mass is 35.5. The van der Waals surface area contributed by atoms with Crippen molar-refractivity contribution in [2.24, 2.45) is 0 Å². The van der Waals surface area contributed by atoms with E-state index in [1.165, 1.54) is 23.5 Å². The molecule has 3 rings (SSSR count). The number of hydrogen-bond donors (Lipinski definition) is 1. The van der Waals surface area contributed by atoms with E-state index in [0.29, 0.717) is 32.9 Å². The Balaban J connectivity index is 1.80. The summed E-state index contributed by atoms with van der Waals surface area (Å²) in [7, 11) is 0. The molecule has 0 aliphatic rings. The molecule has 0 saturated carbocycles. The normalized spacial score (nSPS) is 11.1. The SMILES string of the molecule is CC(C)Oc1ccc(-c2nnc(-c3cc(F)c(OCCCO)cc3Cl)s2)cn1. The number of hydrogen-bond acceptors (Lipinski definition) is 7. The monoisotopic (exact) mass is 423 g/mol. The summed E-state index contributed by atoms with van der Waals surface area (Å²) in [6.07, 6.45) is 2.11. The number of halogens is 2. The molecule has 0 unspecified atom stereocenters. The number of nitrogens with zero attached hydrogens (tertiary/aromatic N) is 3. The van der Waals surface area contributed by atoms with Gasteiger partial charge in [-0.3, -0.25) is 0 Å². The average Bonchev–Trinajstić information content (AvgIpc) is 3.14. The van der Waals surface area contributed by atoms with Crippen LogP contribution in [0.4, 0.5) is 4.39 Å². The van der Waals surface area contributed by atoms with Crippen molar-refractivity contribution < 1.29 is 19.0 Å². The van der Waals surface area contributed by atoms with Crippen LogP contribution in [0.5, 0.6) is 11.6 Å². The molecule has 0 spiro atoms. The number of pyridine rings is 1. The Kier molecular flexibility index (Phi) is 6.77. The fourth-order valence-electron chi connectivity index (χ4n) is 2.32.